The van der Waals surface area contributed by atoms with Crippen LogP contribution < -0.4 is 0 Å². The number of hydrogen-bond acceptors (Lipinski definition) is 1. The molecule has 1 nitrogen and oxygen atoms in total. The Morgan fingerprint density at radius 2 is 2.33 bits per heavy atom. The largest absolute Gasteiger partial charge is 0.261 e. The summed E-state index contributed by atoms with van der Waals surface area (Å²) in [6, 6.07) is 1.53. The molecular formula is C9H11BrFN. The van der Waals surface area contributed by atoms with Crippen molar-refractivity contribution >= 4 is 15.9 Å². The van der Waals surface area contributed by atoms with Gasteiger partial charge in [-0.2, -0.15) is 0 Å². The quantitative estimate of drug-likeness (QED) is 0.730. The summed E-state index contributed by atoms with van der Waals surface area (Å²) in [5.41, 5.74) is 0.960. The van der Waals surface area contributed by atoms with E-state index in [0.717, 1.165) is 18.4 Å². The Morgan fingerprint density at radius 3 is 2.92 bits per heavy atom. The molecule has 1 aromatic rings. The maximum Gasteiger partial charge on any atom is 0.141 e. The SMILES string of the molecule is CC(Br)CCc1cncc(F)c1. The number of aromatic nitrogens is 1. The molecule has 0 aliphatic heterocycles. The number of alkyl halides is 1. The monoisotopic (exact) mass is 231 g/mol. The minimum atomic E-state index is -0.255. The molecule has 1 unspecified atom stereocenters. The van der Waals surface area contributed by atoms with E-state index in [1.54, 1.807) is 6.20 Å². The molecule has 0 fully saturated rings. The zero-order valence-corrected chi connectivity index (χ0v) is 8.51. The van der Waals surface area contributed by atoms with Crippen molar-refractivity contribution < 1.29 is 4.39 Å². The molecule has 0 N–H and O–H groups in total. The van der Waals surface area contributed by atoms with Crippen LogP contribution in [0.2, 0.25) is 0 Å². The van der Waals surface area contributed by atoms with E-state index in [9.17, 15) is 4.39 Å². The first-order chi connectivity index (χ1) is 5.68. The van der Waals surface area contributed by atoms with Gasteiger partial charge in [-0.1, -0.05) is 22.9 Å². The molecule has 1 heterocycles. The highest BCUT2D eigenvalue weighted by atomic mass is 79.9. The second-order valence-electron chi connectivity index (χ2n) is 2.83. The van der Waals surface area contributed by atoms with Crippen LogP contribution in [-0.4, -0.2) is 9.81 Å². The molecule has 0 bridgehead atoms. The van der Waals surface area contributed by atoms with Crippen molar-refractivity contribution in [3.8, 4) is 0 Å². The molecule has 0 radical (unpaired) electrons. The molecule has 1 rings (SSSR count). The molecule has 1 aromatic heterocycles. The predicted molar refractivity (Wildman–Crippen MR) is 50.9 cm³/mol. The van der Waals surface area contributed by atoms with Gasteiger partial charge >= 0.3 is 0 Å². The number of halogens is 2. The molecule has 66 valence electrons. The summed E-state index contributed by atoms with van der Waals surface area (Å²) in [6.07, 6.45) is 4.81. The lowest BCUT2D eigenvalue weighted by molar-refractivity contribution is 0.617. The standard InChI is InChI=1S/C9H11BrFN/c1-7(10)2-3-8-4-9(11)6-12-5-8/h4-7H,2-3H2,1H3. The van der Waals surface area contributed by atoms with Crippen LogP contribution in [-0.2, 0) is 6.42 Å². The fourth-order valence-electron chi connectivity index (χ4n) is 0.958. The van der Waals surface area contributed by atoms with Gasteiger partial charge in [0.15, 0.2) is 0 Å². The normalized spacial score (nSPS) is 12.9. The van der Waals surface area contributed by atoms with E-state index in [1.807, 2.05) is 0 Å². The van der Waals surface area contributed by atoms with Gasteiger partial charge in [0.2, 0.25) is 0 Å². The van der Waals surface area contributed by atoms with Gasteiger partial charge in [-0.05, 0) is 24.5 Å². The highest BCUT2D eigenvalue weighted by molar-refractivity contribution is 9.09. The smallest absolute Gasteiger partial charge is 0.141 e. The fraction of sp³-hybridized carbons (Fsp3) is 0.444. The first kappa shape index (κ1) is 9.65. The molecule has 0 aromatic carbocycles. The lowest BCUT2D eigenvalue weighted by Gasteiger charge is -2.02. The summed E-state index contributed by atoms with van der Waals surface area (Å²) in [6.45, 7) is 2.08. The minimum absolute atomic E-state index is 0.255. The summed E-state index contributed by atoms with van der Waals surface area (Å²) in [5.74, 6) is -0.255. The van der Waals surface area contributed by atoms with Crippen LogP contribution >= 0.6 is 15.9 Å². The summed E-state index contributed by atoms with van der Waals surface area (Å²) in [5, 5.41) is 0. The van der Waals surface area contributed by atoms with Crippen LogP contribution in [0.25, 0.3) is 0 Å². The Labute approximate surface area is 80.1 Å². The van der Waals surface area contributed by atoms with Gasteiger partial charge in [-0.25, -0.2) is 4.39 Å². The first-order valence-corrected chi connectivity index (χ1v) is 4.83. The third-order valence-electron chi connectivity index (χ3n) is 1.59. The van der Waals surface area contributed by atoms with Gasteiger partial charge in [0.25, 0.3) is 0 Å². The minimum Gasteiger partial charge on any atom is -0.261 e. The van der Waals surface area contributed by atoms with Gasteiger partial charge < -0.3 is 0 Å². The van der Waals surface area contributed by atoms with Crippen molar-refractivity contribution in [2.24, 2.45) is 0 Å². The van der Waals surface area contributed by atoms with Gasteiger partial charge in [-0.15, -0.1) is 0 Å². The van der Waals surface area contributed by atoms with Gasteiger partial charge in [0.05, 0.1) is 6.20 Å². The van der Waals surface area contributed by atoms with Crippen molar-refractivity contribution in [2.75, 3.05) is 0 Å². The molecule has 3 heteroatoms. The predicted octanol–water partition coefficient (Wildman–Crippen LogP) is 2.94. The average molecular weight is 232 g/mol. The summed E-state index contributed by atoms with van der Waals surface area (Å²) in [7, 11) is 0. The number of pyridine rings is 1. The van der Waals surface area contributed by atoms with Crippen molar-refractivity contribution in [3.63, 3.8) is 0 Å². The van der Waals surface area contributed by atoms with E-state index in [-0.39, 0.29) is 5.82 Å². The van der Waals surface area contributed by atoms with E-state index in [2.05, 4.69) is 27.8 Å². The lowest BCUT2D eigenvalue weighted by Crippen LogP contribution is -1.95. The molecule has 0 saturated heterocycles. The summed E-state index contributed by atoms with van der Waals surface area (Å²) >= 11 is 3.44. The van der Waals surface area contributed by atoms with Crippen molar-refractivity contribution in [2.45, 2.75) is 24.6 Å². The maximum absolute atomic E-state index is 12.6. The fourth-order valence-corrected chi connectivity index (χ4v) is 1.19. The van der Waals surface area contributed by atoms with Crippen LogP contribution in [0.5, 0.6) is 0 Å². The molecule has 12 heavy (non-hydrogen) atoms. The van der Waals surface area contributed by atoms with Crippen LogP contribution in [0, 0.1) is 5.82 Å². The molecule has 0 aliphatic rings. The topological polar surface area (TPSA) is 12.9 Å². The highest BCUT2D eigenvalue weighted by Crippen LogP contribution is 2.10. The van der Waals surface area contributed by atoms with Gasteiger partial charge in [0.1, 0.15) is 5.82 Å². The van der Waals surface area contributed by atoms with Crippen LogP contribution in [0.4, 0.5) is 4.39 Å². The molecule has 0 aliphatic carbocycles. The van der Waals surface area contributed by atoms with E-state index in [0.29, 0.717) is 4.83 Å². The van der Waals surface area contributed by atoms with Crippen LogP contribution in [0.1, 0.15) is 18.9 Å². The van der Waals surface area contributed by atoms with Crippen molar-refractivity contribution in [1.82, 2.24) is 4.98 Å². The summed E-state index contributed by atoms with van der Waals surface area (Å²) in [4.78, 5) is 4.24. The Balaban J connectivity index is 2.52. The zero-order chi connectivity index (χ0) is 8.97. The number of hydrogen-bond donors (Lipinski definition) is 0. The van der Waals surface area contributed by atoms with Gasteiger partial charge in [-0.3, -0.25) is 4.98 Å². The average Bonchev–Trinajstić information content (AvgIpc) is 2.01. The van der Waals surface area contributed by atoms with Crippen molar-refractivity contribution in [3.05, 3.63) is 29.8 Å². The zero-order valence-electron chi connectivity index (χ0n) is 6.93. The highest BCUT2D eigenvalue weighted by Gasteiger charge is 1.99. The number of nitrogens with zero attached hydrogens (tertiary/aromatic N) is 1. The Morgan fingerprint density at radius 1 is 1.58 bits per heavy atom. The van der Waals surface area contributed by atoms with Crippen LogP contribution in [0.3, 0.4) is 0 Å². The Hall–Kier alpha value is -0.440. The second kappa shape index (κ2) is 4.55. The first-order valence-electron chi connectivity index (χ1n) is 3.92. The van der Waals surface area contributed by atoms with Crippen molar-refractivity contribution in [1.29, 1.82) is 0 Å². The van der Waals surface area contributed by atoms with E-state index in [4.69, 9.17) is 0 Å². The van der Waals surface area contributed by atoms with E-state index >= 15 is 0 Å². The Bertz CT molecular complexity index is 250. The lowest BCUT2D eigenvalue weighted by atomic mass is 10.1. The third-order valence-corrected chi connectivity index (χ3v) is 2.05. The van der Waals surface area contributed by atoms with E-state index < -0.39 is 0 Å². The maximum atomic E-state index is 12.6. The number of rotatable bonds is 3. The van der Waals surface area contributed by atoms with Gasteiger partial charge in [0, 0.05) is 11.0 Å². The van der Waals surface area contributed by atoms with Crippen LogP contribution in [0.15, 0.2) is 18.5 Å². The molecule has 1 atom stereocenters. The molecular weight excluding hydrogens is 221 g/mol. The molecule has 0 spiro atoms. The second-order valence-corrected chi connectivity index (χ2v) is 4.39. The van der Waals surface area contributed by atoms with E-state index in [1.165, 1.54) is 12.3 Å². The third kappa shape index (κ3) is 3.30. The molecule has 0 saturated carbocycles. The molecule has 0 amide bonds. The Kier molecular flexibility index (Phi) is 3.66. The summed E-state index contributed by atoms with van der Waals surface area (Å²) < 4.78 is 12.6. The number of aryl methyl sites for hydroxylation is 1.